The van der Waals surface area contributed by atoms with Crippen LogP contribution in [0.25, 0.3) is 5.69 Å². The number of hydrogen-bond donors (Lipinski definition) is 1. The molecule has 0 spiro atoms. The molecule has 1 aromatic carbocycles. The molecule has 1 heterocycles. The van der Waals surface area contributed by atoms with Crippen LogP contribution in [0.1, 0.15) is 29.9 Å². The molecule has 0 aliphatic heterocycles. The average Bonchev–Trinajstić information content (AvgIpc) is 2.58. The molecule has 0 saturated heterocycles. The summed E-state index contributed by atoms with van der Waals surface area (Å²) >= 11 is 0. The second kappa shape index (κ2) is 4.25. The van der Waals surface area contributed by atoms with E-state index >= 15 is 0 Å². The van der Waals surface area contributed by atoms with E-state index in [2.05, 4.69) is 10.3 Å². The van der Waals surface area contributed by atoms with Crippen LogP contribution >= 0.6 is 0 Å². The fourth-order valence-corrected chi connectivity index (χ4v) is 1.85. The quantitative estimate of drug-likeness (QED) is 0.865. The smallest absolute Gasteiger partial charge is 0.125 e. The van der Waals surface area contributed by atoms with Crippen molar-refractivity contribution in [3.05, 3.63) is 41.0 Å². The van der Waals surface area contributed by atoms with Crippen LogP contribution in [0.2, 0.25) is 0 Å². The lowest BCUT2D eigenvalue weighted by molar-refractivity contribution is 0.623. The van der Waals surface area contributed by atoms with Crippen molar-refractivity contribution in [1.29, 1.82) is 0 Å². The van der Waals surface area contributed by atoms with Gasteiger partial charge >= 0.3 is 0 Å². The first-order valence-electron chi connectivity index (χ1n) is 5.44. The SMILES string of the molecule is Cc1cc(F)cc(-n2nnc(C(C)N)c2C)c1. The van der Waals surface area contributed by atoms with E-state index < -0.39 is 0 Å². The van der Waals surface area contributed by atoms with Crippen LogP contribution in [0.5, 0.6) is 0 Å². The van der Waals surface area contributed by atoms with Crippen LogP contribution in [-0.4, -0.2) is 15.0 Å². The highest BCUT2D eigenvalue weighted by Crippen LogP contribution is 2.18. The Balaban J connectivity index is 2.53. The van der Waals surface area contributed by atoms with E-state index in [1.54, 1.807) is 4.68 Å². The molecule has 0 bridgehead atoms. The van der Waals surface area contributed by atoms with Gasteiger partial charge in [0, 0.05) is 6.04 Å². The summed E-state index contributed by atoms with van der Waals surface area (Å²) < 4.78 is 14.9. The molecule has 1 atom stereocenters. The summed E-state index contributed by atoms with van der Waals surface area (Å²) in [6, 6.07) is 4.58. The maximum atomic E-state index is 13.3. The van der Waals surface area contributed by atoms with Gasteiger partial charge in [0.15, 0.2) is 0 Å². The van der Waals surface area contributed by atoms with Gasteiger partial charge in [0.2, 0.25) is 0 Å². The summed E-state index contributed by atoms with van der Waals surface area (Å²) in [4.78, 5) is 0. The number of nitrogens with zero attached hydrogens (tertiary/aromatic N) is 3. The summed E-state index contributed by atoms with van der Waals surface area (Å²) in [5.74, 6) is -0.280. The Labute approximate surface area is 99.2 Å². The molecule has 0 aliphatic rings. The number of halogens is 1. The zero-order valence-corrected chi connectivity index (χ0v) is 10.1. The van der Waals surface area contributed by atoms with Crippen LogP contribution in [0, 0.1) is 19.7 Å². The minimum Gasteiger partial charge on any atom is -0.323 e. The van der Waals surface area contributed by atoms with Crippen molar-refractivity contribution in [2.45, 2.75) is 26.8 Å². The van der Waals surface area contributed by atoms with E-state index in [0.717, 1.165) is 17.0 Å². The number of rotatable bonds is 2. The number of nitrogens with two attached hydrogens (primary N) is 1. The van der Waals surface area contributed by atoms with E-state index in [0.29, 0.717) is 5.69 Å². The average molecular weight is 234 g/mol. The Morgan fingerprint density at radius 2 is 2.00 bits per heavy atom. The summed E-state index contributed by atoms with van der Waals surface area (Å²) in [7, 11) is 0. The molecule has 90 valence electrons. The Morgan fingerprint density at radius 3 is 2.53 bits per heavy atom. The van der Waals surface area contributed by atoms with Gasteiger partial charge in [-0.25, -0.2) is 9.07 Å². The Bertz CT molecular complexity index is 525. The van der Waals surface area contributed by atoms with Gasteiger partial charge in [0.1, 0.15) is 11.5 Å². The summed E-state index contributed by atoms with van der Waals surface area (Å²) in [6.07, 6.45) is 0. The molecular weight excluding hydrogens is 219 g/mol. The molecule has 0 aliphatic carbocycles. The number of aryl methyl sites for hydroxylation is 1. The summed E-state index contributed by atoms with van der Waals surface area (Å²) in [6.45, 7) is 5.56. The topological polar surface area (TPSA) is 56.7 Å². The van der Waals surface area contributed by atoms with Crippen molar-refractivity contribution >= 4 is 0 Å². The molecule has 17 heavy (non-hydrogen) atoms. The van der Waals surface area contributed by atoms with Gasteiger partial charge in [-0.3, -0.25) is 0 Å². The lowest BCUT2D eigenvalue weighted by Gasteiger charge is -2.06. The Kier molecular flexibility index (Phi) is 2.93. The zero-order chi connectivity index (χ0) is 12.6. The van der Waals surface area contributed by atoms with Gasteiger partial charge in [-0.1, -0.05) is 5.21 Å². The molecule has 5 heteroatoms. The highest BCUT2D eigenvalue weighted by molar-refractivity contribution is 5.37. The molecule has 1 unspecified atom stereocenters. The monoisotopic (exact) mass is 234 g/mol. The van der Waals surface area contributed by atoms with Gasteiger partial charge in [0.25, 0.3) is 0 Å². The van der Waals surface area contributed by atoms with E-state index in [1.165, 1.54) is 12.1 Å². The largest absolute Gasteiger partial charge is 0.323 e. The second-order valence-corrected chi connectivity index (χ2v) is 4.25. The number of aromatic nitrogens is 3. The van der Waals surface area contributed by atoms with Crippen LogP contribution in [0.15, 0.2) is 18.2 Å². The van der Waals surface area contributed by atoms with Gasteiger partial charge in [-0.15, -0.1) is 5.10 Å². The standard InChI is InChI=1S/C12H15FN4/c1-7-4-10(13)6-11(5-7)17-9(3)12(8(2)14)15-16-17/h4-6,8H,14H2,1-3H3. The number of benzene rings is 1. The first kappa shape index (κ1) is 11.7. The highest BCUT2D eigenvalue weighted by Gasteiger charge is 2.13. The maximum absolute atomic E-state index is 13.3. The third-order valence-corrected chi connectivity index (χ3v) is 2.63. The van der Waals surface area contributed by atoms with Gasteiger partial charge in [0.05, 0.1) is 11.4 Å². The molecule has 0 radical (unpaired) electrons. The van der Waals surface area contributed by atoms with Crippen molar-refractivity contribution in [3.8, 4) is 5.69 Å². The minimum absolute atomic E-state index is 0.182. The molecule has 0 amide bonds. The molecule has 4 nitrogen and oxygen atoms in total. The second-order valence-electron chi connectivity index (χ2n) is 4.25. The van der Waals surface area contributed by atoms with Crippen molar-refractivity contribution in [2.75, 3.05) is 0 Å². The lowest BCUT2D eigenvalue weighted by atomic mass is 10.2. The molecular formula is C12H15FN4. The van der Waals surface area contributed by atoms with E-state index in [9.17, 15) is 4.39 Å². The third-order valence-electron chi connectivity index (χ3n) is 2.63. The summed E-state index contributed by atoms with van der Waals surface area (Å²) in [5.41, 5.74) is 8.85. The van der Waals surface area contributed by atoms with Crippen LogP contribution in [0.3, 0.4) is 0 Å². The Hall–Kier alpha value is -1.75. The third kappa shape index (κ3) is 2.19. The predicted octanol–water partition coefficient (Wildman–Crippen LogP) is 2.04. The number of hydrogen-bond acceptors (Lipinski definition) is 3. The molecule has 0 saturated carbocycles. The van der Waals surface area contributed by atoms with Crippen molar-refractivity contribution in [3.63, 3.8) is 0 Å². The first-order chi connectivity index (χ1) is 7.99. The molecule has 2 N–H and O–H groups in total. The van der Waals surface area contributed by atoms with Crippen LogP contribution in [-0.2, 0) is 0 Å². The zero-order valence-electron chi connectivity index (χ0n) is 10.1. The van der Waals surface area contributed by atoms with Gasteiger partial charge in [-0.05, 0) is 44.5 Å². The van der Waals surface area contributed by atoms with E-state index in [1.807, 2.05) is 26.8 Å². The van der Waals surface area contributed by atoms with Crippen molar-refractivity contribution in [1.82, 2.24) is 15.0 Å². The molecule has 0 fully saturated rings. The van der Waals surface area contributed by atoms with Crippen LogP contribution in [0.4, 0.5) is 4.39 Å². The molecule has 2 rings (SSSR count). The van der Waals surface area contributed by atoms with Crippen molar-refractivity contribution < 1.29 is 4.39 Å². The summed E-state index contributed by atoms with van der Waals surface area (Å²) in [5, 5.41) is 8.03. The van der Waals surface area contributed by atoms with E-state index in [-0.39, 0.29) is 11.9 Å². The fraction of sp³-hybridized carbons (Fsp3) is 0.333. The molecule has 2 aromatic rings. The van der Waals surface area contributed by atoms with Crippen LogP contribution < -0.4 is 5.73 Å². The molecule has 1 aromatic heterocycles. The lowest BCUT2D eigenvalue weighted by Crippen LogP contribution is -2.08. The fourth-order valence-electron chi connectivity index (χ4n) is 1.85. The van der Waals surface area contributed by atoms with Crippen molar-refractivity contribution in [2.24, 2.45) is 5.73 Å². The maximum Gasteiger partial charge on any atom is 0.125 e. The highest BCUT2D eigenvalue weighted by atomic mass is 19.1. The first-order valence-corrected chi connectivity index (χ1v) is 5.44. The van der Waals surface area contributed by atoms with E-state index in [4.69, 9.17) is 5.73 Å². The Morgan fingerprint density at radius 1 is 1.29 bits per heavy atom. The minimum atomic E-state index is -0.280. The van der Waals surface area contributed by atoms with Gasteiger partial charge in [-0.2, -0.15) is 0 Å². The normalized spacial score (nSPS) is 12.8. The van der Waals surface area contributed by atoms with Gasteiger partial charge < -0.3 is 5.73 Å². The predicted molar refractivity (Wildman–Crippen MR) is 63.4 cm³/mol.